The van der Waals surface area contributed by atoms with Crippen LogP contribution in [0.3, 0.4) is 0 Å². The van der Waals surface area contributed by atoms with Gasteiger partial charge in [-0.15, -0.1) is 10.2 Å². The van der Waals surface area contributed by atoms with E-state index in [2.05, 4.69) is 21.5 Å². The molecular weight excluding hydrogens is 334 g/mol. The van der Waals surface area contributed by atoms with Crippen LogP contribution >= 0.6 is 0 Å². The van der Waals surface area contributed by atoms with Crippen molar-refractivity contribution in [1.29, 1.82) is 10.5 Å². The highest BCUT2D eigenvalue weighted by molar-refractivity contribution is 5.94. The number of carbonyl (C=O) groups is 1. The predicted octanol–water partition coefficient (Wildman–Crippen LogP) is 1.96. The van der Waals surface area contributed by atoms with E-state index in [9.17, 15) is 15.3 Å². The van der Waals surface area contributed by atoms with Crippen molar-refractivity contribution in [3.05, 3.63) is 29.8 Å². The predicted molar refractivity (Wildman–Crippen MR) is 90.0 cm³/mol. The molecule has 9 nitrogen and oxygen atoms in total. The van der Waals surface area contributed by atoms with E-state index in [0.29, 0.717) is 5.69 Å². The highest BCUT2D eigenvalue weighted by Crippen LogP contribution is 2.47. The summed E-state index contributed by atoms with van der Waals surface area (Å²) >= 11 is 0. The maximum absolute atomic E-state index is 12.2. The maximum atomic E-state index is 12.2. The molecule has 2 fully saturated rings. The van der Waals surface area contributed by atoms with Crippen molar-refractivity contribution in [2.24, 2.45) is 21.2 Å². The lowest BCUT2D eigenvalue weighted by atomic mass is 9.93. The number of hydrogen-bond donors (Lipinski definition) is 1. The first kappa shape index (κ1) is 16.0. The molecule has 1 aliphatic carbocycles. The Kier molecular flexibility index (Phi) is 3.41. The zero-order valence-electron chi connectivity index (χ0n) is 13.8. The minimum Gasteiger partial charge on any atom is -0.444 e. The number of nitrogens with two attached hydrogens (primary N) is 1. The molecule has 0 bridgehead atoms. The maximum Gasteiger partial charge on any atom is 0.414 e. The molecule has 4 rings (SSSR count). The van der Waals surface area contributed by atoms with Gasteiger partial charge in [-0.3, -0.25) is 4.90 Å². The molecule has 0 aromatic heterocycles. The SMILES string of the molecule is N#CC1(C[C@@H]2CN(c3ccc(C4(C#N)CC4)cc3)C(=O)O2)N=NN=C1N. The van der Waals surface area contributed by atoms with E-state index in [1.165, 1.54) is 4.90 Å². The number of carbonyl (C=O) groups excluding carboxylic acids is 1. The second-order valence-electron chi connectivity index (χ2n) is 6.71. The third-order valence-corrected chi connectivity index (χ3v) is 5.07. The number of benzene rings is 1. The van der Waals surface area contributed by atoms with E-state index in [-0.39, 0.29) is 24.2 Å². The Balaban J connectivity index is 1.49. The van der Waals surface area contributed by atoms with Gasteiger partial charge in [0.2, 0.25) is 5.54 Å². The summed E-state index contributed by atoms with van der Waals surface area (Å²) in [6.07, 6.45) is 0.777. The molecular formula is C17H15N7O2. The summed E-state index contributed by atoms with van der Waals surface area (Å²) in [5, 5.41) is 29.5. The van der Waals surface area contributed by atoms with Crippen molar-refractivity contribution in [1.82, 2.24) is 0 Å². The number of nitrogens with zero attached hydrogens (tertiary/aromatic N) is 6. The van der Waals surface area contributed by atoms with E-state index in [4.69, 9.17) is 10.5 Å². The van der Waals surface area contributed by atoms with Gasteiger partial charge in [0.1, 0.15) is 12.2 Å². The average Bonchev–Trinajstić information content (AvgIpc) is 3.27. The lowest BCUT2D eigenvalue weighted by Gasteiger charge is -2.18. The van der Waals surface area contributed by atoms with Crippen LogP contribution in [0.15, 0.2) is 39.7 Å². The molecule has 2 heterocycles. The van der Waals surface area contributed by atoms with Crippen LogP contribution in [-0.2, 0) is 10.2 Å². The Morgan fingerprint density at radius 1 is 1.27 bits per heavy atom. The number of hydrogen-bond acceptors (Lipinski definition) is 8. The lowest BCUT2D eigenvalue weighted by Crippen LogP contribution is -2.42. The number of ether oxygens (including phenoxy) is 1. The van der Waals surface area contributed by atoms with Crippen molar-refractivity contribution in [3.63, 3.8) is 0 Å². The summed E-state index contributed by atoms with van der Waals surface area (Å²) in [5.41, 5.74) is 5.62. The first-order valence-electron chi connectivity index (χ1n) is 8.19. The molecule has 3 aliphatic rings. The minimum atomic E-state index is -1.38. The van der Waals surface area contributed by atoms with Gasteiger partial charge in [0.05, 0.1) is 18.0 Å². The smallest absolute Gasteiger partial charge is 0.414 e. The molecule has 1 saturated heterocycles. The molecule has 1 saturated carbocycles. The van der Waals surface area contributed by atoms with Gasteiger partial charge in [-0.1, -0.05) is 12.1 Å². The molecule has 2 aliphatic heterocycles. The van der Waals surface area contributed by atoms with Gasteiger partial charge in [0.15, 0.2) is 5.84 Å². The summed E-state index contributed by atoms with van der Waals surface area (Å²) in [6, 6.07) is 11.7. The van der Waals surface area contributed by atoms with Crippen molar-refractivity contribution in [3.8, 4) is 12.1 Å². The van der Waals surface area contributed by atoms with Crippen LogP contribution in [-0.4, -0.2) is 30.1 Å². The topological polar surface area (TPSA) is 140 Å². The zero-order valence-corrected chi connectivity index (χ0v) is 13.8. The highest BCUT2D eigenvalue weighted by atomic mass is 16.6. The van der Waals surface area contributed by atoms with Gasteiger partial charge in [0.25, 0.3) is 0 Å². The van der Waals surface area contributed by atoms with Crippen molar-refractivity contribution in [2.75, 3.05) is 11.4 Å². The number of cyclic esters (lactones) is 1. The fourth-order valence-corrected chi connectivity index (χ4v) is 3.27. The molecule has 1 amide bonds. The number of amidine groups is 1. The van der Waals surface area contributed by atoms with Crippen molar-refractivity contribution >= 4 is 17.6 Å². The van der Waals surface area contributed by atoms with Crippen LogP contribution in [0.25, 0.3) is 0 Å². The third-order valence-electron chi connectivity index (χ3n) is 5.07. The molecule has 2 atom stereocenters. The highest BCUT2D eigenvalue weighted by Gasteiger charge is 2.46. The van der Waals surface area contributed by atoms with Gasteiger partial charge >= 0.3 is 6.09 Å². The number of rotatable bonds is 4. The summed E-state index contributed by atoms with van der Waals surface area (Å²) in [5.74, 6) is 0.00471. The fraction of sp³-hybridized carbons (Fsp3) is 0.412. The fourth-order valence-electron chi connectivity index (χ4n) is 3.27. The van der Waals surface area contributed by atoms with Gasteiger partial charge in [-0.25, -0.2) is 4.79 Å². The largest absolute Gasteiger partial charge is 0.444 e. The van der Waals surface area contributed by atoms with Crippen LogP contribution in [0.1, 0.15) is 24.8 Å². The van der Waals surface area contributed by atoms with Crippen LogP contribution in [0.2, 0.25) is 0 Å². The standard InChI is InChI=1S/C17H15N7O2/c18-9-16(5-6-16)11-1-3-12(4-2-11)24-8-13(26-15(24)25)7-17(10-19)14(20)21-23-22-17/h1-4,13H,5-8H2,(H2,20,21,22)/t13-,17?/m1/s1. The Hall–Kier alpha value is -3.46. The number of amides is 1. The molecule has 1 aromatic rings. The quantitative estimate of drug-likeness (QED) is 0.884. The first-order valence-corrected chi connectivity index (χ1v) is 8.19. The summed E-state index contributed by atoms with van der Waals surface area (Å²) in [7, 11) is 0. The average molecular weight is 349 g/mol. The molecule has 1 aromatic carbocycles. The van der Waals surface area contributed by atoms with Gasteiger partial charge in [-0.2, -0.15) is 10.5 Å². The summed E-state index contributed by atoms with van der Waals surface area (Å²) in [4.78, 5) is 13.7. The molecule has 130 valence electrons. The molecule has 1 unspecified atom stereocenters. The second-order valence-corrected chi connectivity index (χ2v) is 6.71. The Morgan fingerprint density at radius 2 is 2.00 bits per heavy atom. The second kappa shape index (κ2) is 5.53. The molecule has 26 heavy (non-hydrogen) atoms. The Morgan fingerprint density at radius 3 is 2.54 bits per heavy atom. The lowest BCUT2D eigenvalue weighted by molar-refractivity contribution is 0.132. The Bertz CT molecular complexity index is 905. The molecule has 2 N–H and O–H groups in total. The number of anilines is 1. The van der Waals surface area contributed by atoms with Crippen LogP contribution in [0.4, 0.5) is 10.5 Å². The van der Waals surface area contributed by atoms with Gasteiger partial charge < -0.3 is 10.5 Å². The Labute approximate surface area is 149 Å². The number of nitriles is 2. The molecule has 9 heteroatoms. The molecule has 0 radical (unpaired) electrons. The van der Waals surface area contributed by atoms with Crippen LogP contribution < -0.4 is 10.6 Å². The summed E-state index contributed by atoms with van der Waals surface area (Å²) in [6.45, 7) is 0.272. The van der Waals surface area contributed by atoms with E-state index in [1.807, 2.05) is 30.3 Å². The van der Waals surface area contributed by atoms with Crippen LogP contribution in [0.5, 0.6) is 0 Å². The minimum absolute atomic E-state index is 0.00471. The van der Waals surface area contributed by atoms with Gasteiger partial charge in [0, 0.05) is 12.1 Å². The molecule has 0 spiro atoms. The first-order chi connectivity index (χ1) is 12.5. The normalized spacial score (nSPS) is 28.2. The van der Waals surface area contributed by atoms with Crippen molar-refractivity contribution in [2.45, 2.75) is 36.3 Å². The van der Waals surface area contributed by atoms with E-state index < -0.39 is 17.7 Å². The van der Waals surface area contributed by atoms with Crippen molar-refractivity contribution < 1.29 is 9.53 Å². The summed E-state index contributed by atoms with van der Waals surface area (Å²) < 4.78 is 5.37. The monoisotopic (exact) mass is 349 g/mol. The van der Waals surface area contributed by atoms with Crippen LogP contribution in [0, 0.1) is 22.7 Å². The zero-order chi connectivity index (χ0) is 18.4. The van der Waals surface area contributed by atoms with Gasteiger partial charge in [-0.05, 0) is 35.8 Å². The van der Waals surface area contributed by atoms with E-state index >= 15 is 0 Å². The van der Waals surface area contributed by atoms with E-state index in [1.54, 1.807) is 0 Å². The third kappa shape index (κ3) is 2.37. The van der Waals surface area contributed by atoms with E-state index in [0.717, 1.165) is 18.4 Å².